The molecule has 2 aliphatic heterocycles. The van der Waals surface area contributed by atoms with E-state index >= 15 is 0 Å². The van der Waals surface area contributed by atoms with Crippen molar-refractivity contribution in [2.75, 3.05) is 24.5 Å². The SMILES string of the molecule is Cc1nn(C)c2nc(-c3noc(C4CCCN(C(=O)C5CC(=O)N(c6ccccc6)C5)C4)n3)ccc12. The van der Waals surface area contributed by atoms with Gasteiger partial charge < -0.3 is 14.3 Å². The van der Waals surface area contributed by atoms with E-state index in [0.29, 0.717) is 37.0 Å². The first kappa shape index (κ1) is 22.4. The molecule has 4 aromatic rings. The molecule has 36 heavy (non-hydrogen) atoms. The van der Waals surface area contributed by atoms with Gasteiger partial charge in [-0.1, -0.05) is 23.4 Å². The van der Waals surface area contributed by atoms with Crippen molar-refractivity contribution in [1.29, 1.82) is 0 Å². The van der Waals surface area contributed by atoms with Crippen molar-refractivity contribution in [3.05, 3.63) is 54.0 Å². The number of pyridine rings is 1. The number of carbonyl (C=O) groups excluding carboxylic acids is 2. The van der Waals surface area contributed by atoms with E-state index in [0.717, 1.165) is 35.3 Å². The number of likely N-dealkylation sites (tertiary alicyclic amines) is 1. The Balaban J connectivity index is 1.16. The van der Waals surface area contributed by atoms with Crippen molar-refractivity contribution in [3.8, 4) is 11.5 Å². The van der Waals surface area contributed by atoms with Crippen LogP contribution in [0.3, 0.4) is 0 Å². The number of hydrogen-bond donors (Lipinski definition) is 0. The van der Waals surface area contributed by atoms with Crippen molar-refractivity contribution in [3.63, 3.8) is 0 Å². The second-order valence-electron chi connectivity index (χ2n) is 9.60. The van der Waals surface area contributed by atoms with Gasteiger partial charge in [0.1, 0.15) is 5.69 Å². The highest BCUT2D eigenvalue weighted by Crippen LogP contribution is 2.31. The lowest BCUT2D eigenvalue weighted by molar-refractivity contribution is -0.137. The van der Waals surface area contributed by atoms with Crippen molar-refractivity contribution < 1.29 is 14.1 Å². The lowest BCUT2D eigenvalue weighted by atomic mass is 9.96. The van der Waals surface area contributed by atoms with Gasteiger partial charge >= 0.3 is 0 Å². The first-order valence-corrected chi connectivity index (χ1v) is 12.3. The summed E-state index contributed by atoms with van der Waals surface area (Å²) in [4.78, 5) is 38.8. The number of aromatic nitrogens is 5. The molecule has 184 valence electrons. The Morgan fingerprint density at radius 1 is 1.08 bits per heavy atom. The third-order valence-electron chi connectivity index (χ3n) is 7.17. The number of carbonyl (C=O) groups is 2. The summed E-state index contributed by atoms with van der Waals surface area (Å²) in [5.41, 5.74) is 3.14. The molecular formula is C26H27N7O3. The number of nitrogens with zero attached hydrogens (tertiary/aromatic N) is 7. The summed E-state index contributed by atoms with van der Waals surface area (Å²) in [6, 6.07) is 13.4. The van der Waals surface area contributed by atoms with E-state index in [9.17, 15) is 9.59 Å². The van der Waals surface area contributed by atoms with Gasteiger partial charge in [0.05, 0.1) is 17.5 Å². The third kappa shape index (κ3) is 3.92. The molecule has 2 fully saturated rings. The molecule has 6 rings (SSSR count). The zero-order valence-electron chi connectivity index (χ0n) is 20.3. The van der Waals surface area contributed by atoms with Gasteiger partial charge in [0, 0.05) is 44.2 Å². The zero-order valence-corrected chi connectivity index (χ0v) is 20.3. The number of rotatable bonds is 4. The summed E-state index contributed by atoms with van der Waals surface area (Å²) in [7, 11) is 1.86. The Bertz CT molecular complexity index is 1440. The monoisotopic (exact) mass is 485 g/mol. The second-order valence-corrected chi connectivity index (χ2v) is 9.60. The Labute approximate surface area is 207 Å². The minimum Gasteiger partial charge on any atom is -0.342 e. The number of amides is 2. The van der Waals surface area contributed by atoms with Crippen molar-refractivity contribution in [2.24, 2.45) is 13.0 Å². The smallest absolute Gasteiger partial charge is 0.231 e. The second kappa shape index (κ2) is 8.85. The number of anilines is 1. The summed E-state index contributed by atoms with van der Waals surface area (Å²) in [5.74, 6) is 0.558. The topological polar surface area (TPSA) is 110 Å². The Morgan fingerprint density at radius 2 is 1.92 bits per heavy atom. The first-order chi connectivity index (χ1) is 17.5. The van der Waals surface area contributed by atoms with E-state index in [-0.39, 0.29) is 30.1 Å². The molecule has 2 saturated heterocycles. The molecule has 10 heteroatoms. The van der Waals surface area contributed by atoms with Gasteiger partial charge in [-0.05, 0) is 44.0 Å². The maximum atomic E-state index is 13.3. The van der Waals surface area contributed by atoms with Crippen LogP contribution in [0.5, 0.6) is 0 Å². The van der Waals surface area contributed by atoms with Crippen LogP contribution in [0.15, 0.2) is 47.0 Å². The molecule has 2 amide bonds. The number of piperidine rings is 1. The van der Waals surface area contributed by atoms with Gasteiger partial charge in [-0.25, -0.2) is 4.98 Å². The van der Waals surface area contributed by atoms with Gasteiger partial charge in [-0.15, -0.1) is 0 Å². The van der Waals surface area contributed by atoms with Crippen molar-refractivity contribution >= 4 is 28.5 Å². The molecule has 10 nitrogen and oxygen atoms in total. The Kier molecular flexibility index (Phi) is 5.50. The van der Waals surface area contributed by atoms with Crippen LogP contribution in [0, 0.1) is 12.8 Å². The molecule has 0 N–H and O–H groups in total. The van der Waals surface area contributed by atoms with Crippen LogP contribution in [0.4, 0.5) is 5.69 Å². The fourth-order valence-corrected chi connectivity index (χ4v) is 5.30. The number of para-hydroxylation sites is 1. The summed E-state index contributed by atoms with van der Waals surface area (Å²) < 4.78 is 7.37. The van der Waals surface area contributed by atoms with Crippen molar-refractivity contribution in [1.82, 2.24) is 29.8 Å². The minimum absolute atomic E-state index is 0.0114. The molecule has 5 heterocycles. The highest BCUT2D eigenvalue weighted by atomic mass is 16.5. The Morgan fingerprint density at radius 3 is 2.75 bits per heavy atom. The van der Waals surface area contributed by atoms with Gasteiger partial charge in [0.25, 0.3) is 0 Å². The van der Waals surface area contributed by atoms with Crippen LogP contribution in [0.25, 0.3) is 22.6 Å². The predicted molar refractivity (Wildman–Crippen MR) is 132 cm³/mol. The molecule has 1 aromatic carbocycles. The molecule has 2 unspecified atom stereocenters. The van der Waals surface area contributed by atoms with E-state index in [2.05, 4.69) is 20.2 Å². The number of aryl methyl sites for hydroxylation is 2. The molecule has 0 aliphatic carbocycles. The van der Waals surface area contributed by atoms with E-state index in [1.165, 1.54) is 0 Å². The number of benzene rings is 1. The Hall–Kier alpha value is -4.08. The number of fused-ring (bicyclic) bond motifs is 1. The van der Waals surface area contributed by atoms with Crippen LogP contribution in [-0.4, -0.2) is 61.3 Å². The normalized spacial score (nSPS) is 20.4. The van der Waals surface area contributed by atoms with Crippen molar-refractivity contribution in [2.45, 2.75) is 32.1 Å². The van der Waals surface area contributed by atoms with Gasteiger partial charge in [0.15, 0.2) is 5.65 Å². The van der Waals surface area contributed by atoms with E-state index in [4.69, 9.17) is 4.52 Å². The fourth-order valence-electron chi connectivity index (χ4n) is 5.30. The molecular weight excluding hydrogens is 458 g/mol. The summed E-state index contributed by atoms with van der Waals surface area (Å²) >= 11 is 0. The van der Waals surface area contributed by atoms with E-state index < -0.39 is 0 Å². The average Bonchev–Trinajstić information content (AvgIpc) is 3.62. The summed E-state index contributed by atoms with van der Waals surface area (Å²) in [6.07, 6.45) is 1.94. The molecule has 3 aromatic heterocycles. The van der Waals surface area contributed by atoms with Gasteiger partial charge in [-0.2, -0.15) is 10.1 Å². The van der Waals surface area contributed by atoms with Crippen LogP contribution in [0.1, 0.15) is 36.8 Å². The molecule has 2 aliphatic rings. The number of hydrogen-bond acceptors (Lipinski definition) is 7. The van der Waals surface area contributed by atoms with Gasteiger partial charge in [-0.3, -0.25) is 14.3 Å². The standard InChI is InChI=1S/C26H27N7O3/c1-16-20-10-11-21(27-24(20)31(2)29-16)23-28-25(36-30-23)17-7-6-12-32(14-17)26(35)18-13-22(34)33(15-18)19-8-4-3-5-9-19/h3-5,8-11,17-18H,6-7,12-15H2,1-2H3. The van der Waals surface area contributed by atoms with Crippen LogP contribution >= 0.6 is 0 Å². The van der Waals surface area contributed by atoms with Crippen LogP contribution in [0.2, 0.25) is 0 Å². The summed E-state index contributed by atoms with van der Waals surface area (Å²) in [5, 5.41) is 9.58. The highest BCUT2D eigenvalue weighted by Gasteiger charge is 2.39. The van der Waals surface area contributed by atoms with Crippen LogP contribution < -0.4 is 4.90 Å². The highest BCUT2D eigenvalue weighted by molar-refractivity contribution is 6.00. The zero-order chi connectivity index (χ0) is 24.8. The summed E-state index contributed by atoms with van der Waals surface area (Å²) in [6.45, 7) is 3.54. The minimum atomic E-state index is -0.340. The van der Waals surface area contributed by atoms with E-state index in [1.54, 1.807) is 9.58 Å². The van der Waals surface area contributed by atoms with Crippen LogP contribution in [-0.2, 0) is 16.6 Å². The maximum Gasteiger partial charge on any atom is 0.231 e. The molecule has 0 bridgehead atoms. The lowest BCUT2D eigenvalue weighted by Crippen LogP contribution is -2.43. The fraction of sp³-hybridized carbons (Fsp3) is 0.385. The first-order valence-electron chi connectivity index (χ1n) is 12.3. The molecule has 0 spiro atoms. The average molecular weight is 486 g/mol. The molecule has 0 saturated carbocycles. The molecule has 0 radical (unpaired) electrons. The quantitative estimate of drug-likeness (QED) is 0.437. The van der Waals surface area contributed by atoms with E-state index in [1.807, 2.05) is 61.3 Å². The van der Waals surface area contributed by atoms with Gasteiger partial charge in [0.2, 0.25) is 23.5 Å². The molecule has 2 atom stereocenters. The largest absolute Gasteiger partial charge is 0.342 e. The predicted octanol–water partition coefficient (Wildman–Crippen LogP) is 3.09. The lowest BCUT2D eigenvalue weighted by Gasteiger charge is -2.32. The third-order valence-corrected chi connectivity index (χ3v) is 7.17. The maximum absolute atomic E-state index is 13.3.